The fraction of sp³-hybridized carbons (Fsp3) is 0.211. The van der Waals surface area contributed by atoms with Gasteiger partial charge >= 0.3 is 0 Å². The average molecular weight is 440 g/mol. The molecule has 4 heterocycles. The number of hydrogen-bond donors (Lipinski definition) is 1. The van der Waals surface area contributed by atoms with Crippen molar-refractivity contribution in [3.8, 4) is 29.0 Å². The van der Waals surface area contributed by atoms with Gasteiger partial charge in [-0.05, 0) is 25.1 Å². The van der Waals surface area contributed by atoms with Crippen LogP contribution in [0, 0.1) is 0 Å². The molecule has 0 saturated heterocycles. The van der Waals surface area contributed by atoms with E-state index in [-0.39, 0.29) is 6.54 Å². The Kier molecular flexibility index (Phi) is 6.11. The second kappa shape index (κ2) is 9.12. The zero-order valence-electron chi connectivity index (χ0n) is 16.7. The molecule has 4 aromatic heterocycles. The smallest absolute Gasteiger partial charge is 0.213 e. The number of fused-ring (bicyclic) bond motifs is 1. The number of imidazole rings is 1. The Morgan fingerprint density at radius 2 is 2.03 bits per heavy atom. The lowest BCUT2D eigenvalue weighted by Crippen LogP contribution is -2.17. The van der Waals surface area contributed by atoms with E-state index in [4.69, 9.17) is 9.47 Å². The Hall–Kier alpha value is -3.48. The Morgan fingerprint density at radius 1 is 1.16 bits per heavy atom. The number of nitrogens with one attached hydrogen (secondary N) is 1. The third kappa shape index (κ3) is 4.35. The molecule has 160 valence electrons. The highest BCUT2D eigenvalue weighted by atomic mass is 32.2. The topological polar surface area (TPSA) is 140 Å². The van der Waals surface area contributed by atoms with Crippen molar-refractivity contribution in [2.75, 3.05) is 13.7 Å². The minimum Gasteiger partial charge on any atom is -0.760 e. The predicted molar refractivity (Wildman–Crippen MR) is 111 cm³/mol. The summed E-state index contributed by atoms with van der Waals surface area (Å²) in [5, 5.41) is 0. The molecular formula is C19H18N7O4S-. The standard InChI is InChI=1S/C19H19N7O4S/c1-3-30-15-8-4-6-13(24-15)17-25-16-19(23-12(10-21-16)11-22-31(27)28)26(17)18-14(29-2)7-5-9-20-18/h4-10,22H,3,11H2,1-2H3,(H,27,28)/p-1. The lowest BCUT2D eigenvalue weighted by atomic mass is 10.3. The lowest BCUT2D eigenvalue weighted by molar-refractivity contribution is 0.327. The fourth-order valence-corrected chi connectivity index (χ4v) is 3.22. The highest BCUT2D eigenvalue weighted by Gasteiger charge is 2.21. The van der Waals surface area contributed by atoms with Gasteiger partial charge in [0.1, 0.15) is 5.69 Å². The summed E-state index contributed by atoms with van der Waals surface area (Å²) >= 11 is -2.42. The first-order valence-electron chi connectivity index (χ1n) is 9.27. The van der Waals surface area contributed by atoms with Crippen LogP contribution in [0.15, 0.2) is 42.7 Å². The zero-order valence-corrected chi connectivity index (χ0v) is 17.5. The molecule has 11 nitrogen and oxygen atoms in total. The van der Waals surface area contributed by atoms with E-state index < -0.39 is 11.3 Å². The van der Waals surface area contributed by atoms with Gasteiger partial charge in [-0.3, -0.25) is 8.78 Å². The molecule has 0 amide bonds. The molecule has 0 radical (unpaired) electrons. The molecule has 1 N–H and O–H groups in total. The minimum atomic E-state index is -2.42. The molecule has 0 aromatic carbocycles. The summed E-state index contributed by atoms with van der Waals surface area (Å²) < 4.78 is 36.7. The second-order valence-corrected chi connectivity index (χ2v) is 6.92. The van der Waals surface area contributed by atoms with E-state index in [2.05, 4.69) is 29.6 Å². The molecule has 1 atom stereocenters. The van der Waals surface area contributed by atoms with E-state index in [9.17, 15) is 8.76 Å². The van der Waals surface area contributed by atoms with Crippen LogP contribution in [0.4, 0.5) is 0 Å². The first-order valence-corrected chi connectivity index (χ1v) is 10.3. The molecule has 1 unspecified atom stereocenters. The zero-order chi connectivity index (χ0) is 21.8. The fourth-order valence-electron chi connectivity index (χ4n) is 2.96. The van der Waals surface area contributed by atoms with Crippen LogP contribution in [0.25, 0.3) is 28.6 Å². The summed E-state index contributed by atoms with van der Waals surface area (Å²) in [7, 11) is 1.54. The molecule has 4 rings (SSSR count). The van der Waals surface area contributed by atoms with Crippen LogP contribution in [0.1, 0.15) is 12.6 Å². The van der Waals surface area contributed by atoms with Gasteiger partial charge < -0.3 is 14.0 Å². The van der Waals surface area contributed by atoms with E-state index in [0.717, 1.165) is 0 Å². The van der Waals surface area contributed by atoms with Crippen LogP contribution in [-0.2, 0) is 17.8 Å². The molecule has 31 heavy (non-hydrogen) atoms. The average Bonchev–Trinajstić information content (AvgIpc) is 3.16. The molecule has 0 aliphatic rings. The van der Waals surface area contributed by atoms with E-state index >= 15 is 0 Å². The molecule has 12 heteroatoms. The van der Waals surface area contributed by atoms with Gasteiger partial charge in [0.2, 0.25) is 5.88 Å². The van der Waals surface area contributed by atoms with Crippen molar-refractivity contribution < 1.29 is 18.2 Å². The third-order valence-electron chi connectivity index (χ3n) is 4.22. The Balaban J connectivity index is 1.95. The van der Waals surface area contributed by atoms with Crippen LogP contribution >= 0.6 is 0 Å². The van der Waals surface area contributed by atoms with Gasteiger partial charge in [-0.2, -0.15) is 0 Å². The van der Waals surface area contributed by atoms with Crippen LogP contribution in [0.2, 0.25) is 0 Å². The number of ether oxygens (including phenoxy) is 2. The van der Waals surface area contributed by atoms with E-state index in [0.29, 0.717) is 52.6 Å². The maximum absolute atomic E-state index is 10.9. The van der Waals surface area contributed by atoms with Crippen molar-refractivity contribution in [3.63, 3.8) is 0 Å². The quantitative estimate of drug-likeness (QED) is 0.404. The number of rotatable bonds is 8. The van der Waals surface area contributed by atoms with Gasteiger partial charge in [-0.1, -0.05) is 6.07 Å². The second-order valence-electron chi connectivity index (χ2n) is 6.16. The molecule has 0 aliphatic carbocycles. The van der Waals surface area contributed by atoms with Crippen molar-refractivity contribution in [2.45, 2.75) is 13.5 Å². The van der Waals surface area contributed by atoms with Crippen molar-refractivity contribution in [1.82, 2.24) is 34.2 Å². The van der Waals surface area contributed by atoms with Crippen molar-refractivity contribution >= 4 is 22.6 Å². The highest BCUT2D eigenvalue weighted by molar-refractivity contribution is 7.77. The van der Waals surface area contributed by atoms with Crippen LogP contribution in [0.5, 0.6) is 11.6 Å². The molecule has 0 saturated carbocycles. The highest BCUT2D eigenvalue weighted by Crippen LogP contribution is 2.30. The van der Waals surface area contributed by atoms with Gasteiger partial charge in [-0.15, -0.1) is 0 Å². The normalized spacial score (nSPS) is 12.1. The van der Waals surface area contributed by atoms with Crippen molar-refractivity contribution in [3.05, 3.63) is 48.4 Å². The van der Waals surface area contributed by atoms with Gasteiger partial charge in [-0.25, -0.2) is 29.6 Å². The maximum Gasteiger partial charge on any atom is 0.213 e. The first kappa shape index (κ1) is 20.8. The molecule has 0 bridgehead atoms. The third-order valence-corrected chi connectivity index (χ3v) is 4.60. The first-order chi connectivity index (χ1) is 15.1. The van der Waals surface area contributed by atoms with Crippen LogP contribution in [-0.4, -0.2) is 52.0 Å². The lowest BCUT2D eigenvalue weighted by Gasteiger charge is -2.12. The van der Waals surface area contributed by atoms with Gasteiger partial charge in [0, 0.05) is 23.5 Å². The Morgan fingerprint density at radius 3 is 2.81 bits per heavy atom. The van der Waals surface area contributed by atoms with E-state index in [1.165, 1.54) is 13.3 Å². The summed E-state index contributed by atoms with van der Waals surface area (Å²) in [4.78, 5) is 22.5. The summed E-state index contributed by atoms with van der Waals surface area (Å²) in [5.74, 6) is 1.83. The number of nitrogens with zero attached hydrogens (tertiary/aromatic N) is 6. The predicted octanol–water partition coefficient (Wildman–Crippen LogP) is 1.56. The van der Waals surface area contributed by atoms with Gasteiger partial charge in [0.05, 0.1) is 32.2 Å². The molecule has 4 aromatic rings. The van der Waals surface area contributed by atoms with Gasteiger partial charge in [0.25, 0.3) is 0 Å². The van der Waals surface area contributed by atoms with Crippen LogP contribution < -0.4 is 14.2 Å². The van der Waals surface area contributed by atoms with Crippen molar-refractivity contribution in [1.29, 1.82) is 0 Å². The minimum absolute atomic E-state index is 0.0169. The summed E-state index contributed by atoms with van der Waals surface area (Å²) in [6, 6.07) is 8.87. The monoisotopic (exact) mass is 440 g/mol. The summed E-state index contributed by atoms with van der Waals surface area (Å²) in [5.41, 5.74) is 1.67. The van der Waals surface area contributed by atoms with E-state index in [1.807, 2.05) is 13.0 Å². The molecule has 0 fully saturated rings. The summed E-state index contributed by atoms with van der Waals surface area (Å²) in [6.07, 6.45) is 3.08. The number of aromatic nitrogens is 6. The Labute approximate surface area is 179 Å². The van der Waals surface area contributed by atoms with Crippen LogP contribution in [0.3, 0.4) is 0 Å². The summed E-state index contributed by atoms with van der Waals surface area (Å²) in [6.45, 7) is 2.33. The number of methoxy groups -OCH3 is 1. The largest absolute Gasteiger partial charge is 0.760 e. The SMILES string of the molecule is CCOc1cccc(-c2nc3ncc(CNS(=O)[O-])nc3n2-c2ncccc2OC)n1. The maximum atomic E-state index is 10.9. The van der Waals surface area contributed by atoms with Crippen molar-refractivity contribution in [2.24, 2.45) is 0 Å². The molecular weight excluding hydrogens is 422 g/mol. The number of hydrogen-bond acceptors (Lipinski definition) is 9. The van der Waals surface area contributed by atoms with E-state index in [1.54, 1.807) is 35.0 Å². The number of pyridine rings is 2. The Bertz CT molecular complexity index is 1250. The molecule has 0 spiro atoms. The van der Waals surface area contributed by atoms with Gasteiger partial charge in [0.15, 0.2) is 28.7 Å². The molecule has 0 aliphatic heterocycles.